The quantitative estimate of drug-likeness (QED) is 0.144. The van der Waals surface area contributed by atoms with Crippen LogP contribution in [0.25, 0.3) is 99.2 Å². The Kier molecular flexibility index (Phi) is 9.64. The van der Waals surface area contributed by atoms with Crippen molar-refractivity contribution in [2.24, 2.45) is 0 Å². The standard InChI is InChI=1S/C73H48N2O2/c1-3-16-47(17-4-1)55-20-7-11-26-66(55)74(51-35-40-70-62(44-51)58-22-9-13-28-68(58)76-70)50-32-30-49(31-33-50)54-38-39-64-72-60(54)24-15-25-61(72)57-37-34-53(46-65(57)73(64)42-43-73)75(67-27-12-8-21-56(67)48-18-5-2-6-19-48)52-36-41-71-63(45-52)59-23-10-14-29-69(59)77-71/h1-41,44-46H,42-43H2. The van der Waals surface area contributed by atoms with Gasteiger partial charge in [0, 0.05) is 60.8 Å². The van der Waals surface area contributed by atoms with Gasteiger partial charge >= 0.3 is 0 Å². The van der Waals surface area contributed by atoms with Crippen LogP contribution in [0.15, 0.2) is 276 Å². The molecule has 2 aliphatic carbocycles. The molecule has 1 saturated carbocycles. The van der Waals surface area contributed by atoms with E-state index < -0.39 is 0 Å². The van der Waals surface area contributed by atoms with Gasteiger partial charge in [-0.2, -0.15) is 0 Å². The van der Waals surface area contributed by atoms with Crippen LogP contribution in [-0.4, -0.2) is 0 Å². The molecule has 14 aromatic rings. The number of nitrogens with zero attached hydrogens (tertiary/aromatic N) is 2. The first-order chi connectivity index (χ1) is 38.1. The monoisotopic (exact) mass is 984 g/mol. The number of para-hydroxylation sites is 4. The van der Waals surface area contributed by atoms with Crippen LogP contribution >= 0.6 is 0 Å². The van der Waals surface area contributed by atoms with Crippen LogP contribution in [0.4, 0.5) is 34.1 Å². The number of benzene rings is 12. The molecule has 2 aromatic heterocycles. The summed E-state index contributed by atoms with van der Waals surface area (Å²) in [6.07, 6.45) is 2.21. The van der Waals surface area contributed by atoms with Crippen LogP contribution < -0.4 is 9.80 Å². The number of hydrogen-bond acceptors (Lipinski definition) is 4. The first-order valence-electron chi connectivity index (χ1n) is 26.7. The number of anilines is 6. The normalized spacial score (nSPS) is 13.2. The predicted molar refractivity (Wildman–Crippen MR) is 320 cm³/mol. The highest BCUT2D eigenvalue weighted by Crippen LogP contribution is 2.63. The van der Waals surface area contributed by atoms with Crippen LogP contribution in [0.3, 0.4) is 0 Å². The summed E-state index contributed by atoms with van der Waals surface area (Å²) in [6, 6.07) is 97.1. The SMILES string of the molecule is c1ccc(-c2ccccc2N(c2ccc(-c3ccc4c5c(cccc35)-c3ccc(N(c5ccc6oc7ccccc7c6c5)c5ccccc5-c5ccccc5)cc3C43CC3)cc2)c2ccc3oc4ccccc4c3c2)cc1. The minimum absolute atomic E-state index is 0.0796. The maximum Gasteiger partial charge on any atom is 0.135 e. The fraction of sp³-hybridized carbons (Fsp3) is 0.0411. The van der Waals surface area contributed by atoms with Gasteiger partial charge in [0.15, 0.2) is 0 Å². The van der Waals surface area contributed by atoms with Crippen LogP contribution in [-0.2, 0) is 5.41 Å². The average Bonchev–Trinajstić information content (AvgIpc) is 4.32. The summed E-state index contributed by atoms with van der Waals surface area (Å²) in [6.45, 7) is 0. The summed E-state index contributed by atoms with van der Waals surface area (Å²) < 4.78 is 12.7. The Hall–Kier alpha value is -9.90. The predicted octanol–water partition coefficient (Wildman–Crippen LogP) is 20.6. The molecule has 0 radical (unpaired) electrons. The Bertz CT molecular complexity index is 4640. The highest BCUT2D eigenvalue weighted by molar-refractivity contribution is 6.11. The smallest absolute Gasteiger partial charge is 0.135 e. The van der Waals surface area contributed by atoms with Crippen LogP contribution in [0.2, 0.25) is 0 Å². The molecule has 77 heavy (non-hydrogen) atoms. The molecular weight excluding hydrogens is 937 g/mol. The van der Waals surface area contributed by atoms with E-state index in [-0.39, 0.29) is 5.41 Å². The van der Waals surface area contributed by atoms with Crippen molar-refractivity contribution in [3.63, 3.8) is 0 Å². The van der Waals surface area contributed by atoms with E-state index >= 15 is 0 Å². The molecule has 4 nitrogen and oxygen atoms in total. The van der Waals surface area contributed by atoms with Gasteiger partial charge in [-0.1, -0.05) is 182 Å². The van der Waals surface area contributed by atoms with Crippen LogP contribution in [0, 0.1) is 0 Å². The highest BCUT2D eigenvalue weighted by atomic mass is 16.3. The lowest BCUT2D eigenvalue weighted by Gasteiger charge is -2.33. The minimum Gasteiger partial charge on any atom is -0.456 e. The van der Waals surface area contributed by atoms with Crippen molar-refractivity contribution in [1.82, 2.24) is 0 Å². The molecule has 2 heterocycles. The molecule has 0 N–H and O–H groups in total. The molecule has 4 heteroatoms. The van der Waals surface area contributed by atoms with E-state index in [2.05, 4.69) is 259 Å². The van der Waals surface area contributed by atoms with E-state index in [9.17, 15) is 0 Å². The molecule has 0 amide bonds. The van der Waals surface area contributed by atoms with E-state index in [0.29, 0.717) is 0 Å². The van der Waals surface area contributed by atoms with Gasteiger partial charge < -0.3 is 18.6 Å². The first kappa shape index (κ1) is 43.5. The number of furan rings is 2. The van der Waals surface area contributed by atoms with Crippen LogP contribution in [0.1, 0.15) is 24.0 Å². The fourth-order valence-corrected chi connectivity index (χ4v) is 12.8. The van der Waals surface area contributed by atoms with Gasteiger partial charge in [0.2, 0.25) is 0 Å². The van der Waals surface area contributed by atoms with Gasteiger partial charge in [-0.3, -0.25) is 0 Å². The van der Waals surface area contributed by atoms with Crippen molar-refractivity contribution < 1.29 is 8.83 Å². The maximum absolute atomic E-state index is 6.36. The van der Waals surface area contributed by atoms with Gasteiger partial charge in [0.1, 0.15) is 22.3 Å². The van der Waals surface area contributed by atoms with Crippen molar-refractivity contribution in [3.8, 4) is 44.5 Å². The molecule has 0 saturated heterocycles. The Balaban J connectivity index is 0.820. The van der Waals surface area contributed by atoms with E-state index in [0.717, 1.165) is 96.4 Å². The Morgan fingerprint density at radius 2 is 0.714 bits per heavy atom. The Morgan fingerprint density at radius 1 is 0.273 bits per heavy atom. The zero-order chi connectivity index (χ0) is 50.6. The average molecular weight is 985 g/mol. The van der Waals surface area contributed by atoms with Crippen LogP contribution in [0.5, 0.6) is 0 Å². The lowest BCUT2D eigenvalue weighted by Crippen LogP contribution is -2.18. The molecule has 0 atom stereocenters. The zero-order valence-electron chi connectivity index (χ0n) is 42.0. The highest BCUT2D eigenvalue weighted by Gasteiger charge is 2.51. The summed E-state index contributed by atoms with van der Waals surface area (Å²) in [5.41, 5.74) is 22.6. The molecule has 12 aromatic carbocycles. The van der Waals surface area contributed by atoms with Crippen molar-refractivity contribution in [2.75, 3.05) is 9.80 Å². The second kappa shape index (κ2) is 17.1. The molecule has 1 spiro atoms. The van der Waals surface area contributed by atoms with Gasteiger partial charge in [-0.25, -0.2) is 0 Å². The lowest BCUT2D eigenvalue weighted by atomic mass is 9.73. The number of hydrogen-bond donors (Lipinski definition) is 0. The molecule has 0 bridgehead atoms. The number of fused-ring (bicyclic) bond motifs is 10. The van der Waals surface area contributed by atoms with E-state index in [1.165, 1.54) is 60.8 Å². The van der Waals surface area contributed by atoms with Gasteiger partial charge in [0.05, 0.1) is 11.4 Å². The summed E-state index contributed by atoms with van der Waals surface area (Å²) in [5.74, 6) is 0. The summed E-state index contributed by atoms with van der Waals surface area (Å²) in [7, 11) is 0. The third-order valence-electron chi connectivity index (χ3n) is 16.5. The lowest BCUT2D eigenvalue weighted by molar-refractivity contribution is 0.668. The summed E-state index contributed by atoms with van der Waals surface area (Å²) in [4.78, 5) is 4.86. The molecule has 1 fully saturated rings. The zero-order valence-corrected chi connectivity index (χ0v) is 42.0. The van der Waals surface area contributed by atoms with E-state index in [1.54, 1.807) is 0 Å². The third-order valence-corrected chi connectivity index (χ3v) is 16.5. The molecule has 2 aliphatic rings. The first-order valence-corrected chi connectivity index (χ1v) is 26.7. The number of rotatable bonds is 9. The second-order valence-corrected chi connectivity index (χ2v) is 20.7. The van der Waals surface area contributed by atoms with Crippen molar-refractivity contribution >= 4 is 88.8 Å². The Morgan fingerprint density at radius 3 is 1.31 bits per heavy atom. The van der Waals surface area contributed by atoms with Gasteiger partial charge in [-0.15, -0.1) is 0 Å². The molecule has 362 valence electrons. The topological polar surface area (TPSA) is 32.8 Å². The van der Waals surface area contributed by atoms with Crippen molar-refractivity contribution in [2.45, 2.75) is 18.3 Å². The van der Waals surface area contributed by atoms with Gasteiger partial charge in [-0.05, 0) is 153 Å². The molecule has 0 unspecified atom stereocenters. The maximum atomic E-state index is 6.36. The van der Waals surface area contributed by atoms with Crippen molar-refractivity contribution in [1.29, 1.82) is 0 Å². The molecular formula is C73H48N2O2. The fourth-order valence-electron chi connectivity index (χ4n) is 12.8. The summed E-state index contributed by atoms with van der Waals surface area (Å²) in [5, 5.41) is 7.09. The van der Waals surface area contributed by atoms with Gasteiger partial charge in [0.25, 0.3) is 0 Å². The Labute approximate surface area is 445 Å². The molecule has 0 aliphatic heterocycles. The summed E-state index contributed by atoms with van der Waals surface area (Å²) >= 11 is 0. The van der Waals surface area contributed by atoms with E-state index in [1.807, 2.05) is 18.2 Å². The largest absolute Gasteiger partial charge is 0.456 e. The van der Waals surface area contributed by atoms with E-state index in [4.69, 9.17) is 8.83 Å². The minimum atomic E-state index is -0.0796. The second-order valence-electron chi connectivity index (χ2n) is 20.7. The molecule has 16 rings (SSSR count). The van der Waals surface area contributed by atoms with Crippen molar-refractivity contribution in [3.05, 3.63) is 278 Å². The third kappa shape index (κ3) is 6.85.